The number of para-hydroxylation sites is 1. The molecular weight excluding hydrogens is 262 g/mol. The highest BCUT2D eigenvalue weighted by molar-refractivity contribution is 5.36. The maximum atomic E-state index is 6.04. The smallest absolute Gasteiger partial charge is 0.132 e. The number of ether oxygens (including phenoxy) is 1. The van der Waals surface area contributed by atoms with E-state index in [-0.39, 0.29) is 0 Å². The summed E-state index contributed by atoms with van der Waals surface area (Å²) in [4.78, 5) is 0. The van der Waals surface area contributed by atoms with Gasteiger partial charge in [0.05, 0.1) is 0 Å². The lowest BCUT2D eigenvalue weighted by Gasteiger charge is -2.15. The van der Waals surface area contributed by atoms with Crippen LogP contribution in [0.1, 0.15) is 48.7 Å². The lowest BCUT2D eigenvalue weighted by Crippen LogP contribution is -2.09. The maximum Gasteiger partial charge on any atom is 0.132 e. The summed E-state index contributed by atoms with van der Waals surface area (Å²) in [5, 5.41) is 10.6. The lowest BCUT2D eigenvalue weighted by atomic mass is 9.98. The van der Waals surface area contributed by atoms with Crippen LogP contribution in [0.25, 0.3) is 0 Å². The first-order valence-electron chi connectivity index (χ1n) is 7.56. The molecule has 4 nitrogen and oxygen atoms in total. The minimum absolute atomic E-state index is 0.495. The summed E-state index contributed by atoms with van der Waals surface area (Å²) in [7, 11) is 1.94. The molecular formula is C17H25N3O. The van der Waals surface area contributed by atoms with Gasteiger partial charge in [-0.1, -0.05) is 32.0 Å². The van der Waals surface area contributed by atoms with E-state index in [4.69, 9.17) is 4.74 Å². The third-order valence-electron chi connectivity index (χ3n) is 3.94. The largest absolute Gasteiger partial charge is 0.487 e. The maximum absolute atomic E-state index is 6.04. The molecule has 2 aromatic rings. The summed E-state index contributed by atoms with van der Waals surface area (Å²) in [6, 6.07) is 8.28. The second-order valence-electron chi connectivity index (χ2n) is 5.44. The number of aromatic amines is 1. The highest BCUT2D eigenvalue weighted by Crippen LogP contribution is 2.29. The van der Waals surface area contributed by atoms with Crippen LogP contribution in [0.4, 0.5) is 0 Å². The zero-order valence-electron chi connectivity index (χ0n) is 13.4. The Morgan fingerprint density at radius 3 is 2.81 bits per heavy atom. The molecule has 0 fully saturated rings. The number of aromatic nitrogens is 2. The van der Waals surface area contributed by atoms with Crippen LogP contribution >= 0.6 is 0 Å². The minimum Gasteiger partial charge on any atom is -0.487 e. The van der Waals surface area contributed by atoms with E-state index < -0.39 is 0 Å². The van der Waals surface area contributed by atoms with Crippen molar-refractivity contribution in [3.05, 3.63) is 46.8 Å². The fourth-order valence-corrected chi connectivity index (χ4v) is 2.42. The Morgan fingerprint density at radius 2 is 2.10 bits per heavy atom. The Bertz CT molecular complexity index is 577. The summed E-state index contributed by atoms with van der Waals surface area (Å²) < 4.78 is 6.04. The van der Waals surface area contributed by atoms with E-state index in [2.05, 4.69) is 41.5 Å². The molecule has 0 aliphatic carbocycles. The van der Waals surface area contributed by atoms with Crippen LogP contribution in [0.15, 0.2) is 24.3 Å². The zero-order chi connectivity index (χ0) is 15.2. The molecule has 0 bridgehead atoms. The van der Waals surface area contributed by atoms with Gasteiger partial charge in [0.1, 0.15) is 18.1 Å². The van der Waals surface area contributed by atoms with E-state index in [1.54, 1.807) is 0 Å². The van der Waals surface area contributed by atoms with Gasteiger partial charge in [-0.2, -0.15) is 5.10 Å². The van der Waals surface area contributed by atoms with Crippen molar-refractivity contribution < 1.29 is 4.74 Å². The van der Waals surface area contributed by atoms with Crippen molar-refractivity contribution in [2.45, 2.75) is 46.3 Å². The van der Waals surface area contributed by atoms with Crippen molar-refractivity contribution in [3.8, 4) is 5.75 Å². The molecule has 1 atom stereocenters. The summed E-state index contributed by atoms with van der Waals surface area (Å²) in [5.41, 5.74) is 4.53. The number of rotatable bonds is 7. The van der Waals surface area contributed by atoms with Gasteiger partial charge in [0.2, 0.25) is 0 Å². The molecule has 0 aliphatic rings. The van der Waals surface area contributed by atoms with E-state index >= 15 is 0 Å². The van der Waals surface area contributed by atoms with Gasteiger partial charge >= 0.3 is 0 Å². The Balaban J connectivity index is 2.13. The second-order valence-corrected chi connectivity index (χ2v) is 5.44. The van der Waals surface area contributed by atoms with Crippen molar-refractivity contribution in [2.24, 2.45) is 0 Å². The van der Waals surface area contributed by atoms with Gasteiger partial charge in [0, 0.05) is 17.8 Å². The molecule has 1 unspecified atom stereocenters. The van der Waals surface area contributed by atoms with Gasteiger partial charge < -0.3 is 10.1 Å². The zero-order valence-corrected chi connectivity index (χ0v) is 13.4. The van der Waals surface area contributed by atoms with Crippen LogP contribution in [0.2, 0.25) is 0 Å². The van der Waals surface area contributed by atoms with Gasteiger partial charge in [-0.15, -0.1) is 0 Å². The van der Waals surface area contributed by atoms with Gasteiger partial charge in [0.25, 0.3) is 0 Å². The van der Waals surface area contributed by atoms with E-state index in [9.17, 15) is 0 Å². The van der Waals surface area contributed by atoms with Gasteiger partial charge in [-0.25, -0.2) is 0 Å². The molecule has 114 valence electrons. The molecule has 0 saturated heterocycles. The van der Waals surface area contributed by atoms with Crippen LogP contribution in [0.3, 0.4) is 0 Å². The molecule has 1 heterocycles. The average molecular weight is 287 g/mol. The first kappa shape index (κ1) is 15.6. The number of hydrogen-bond donors (Lipinski definition) is 2. The molecule has 0 amide bonds. The quantitative estimate of drug-likeness (QED) is 0.819. The fourth-order valence-electron chi connectivity index (χ4n) is 2.42. The number of hydrogen-bond acceptors (Lipinski definition) is 3. The second kappa shape index (κ2) is 7.27. The Morgan fingerprint density at radius 1 is 1.33 bits per heavy atom. The monoisotopic (exact) mass is 287 g/mol. The minimum atomic E-state index is 0.495. The normalized spacial score (nSPS) is 12.4. The third kappa shape index (κ3) is 3.64. The van der Waals surface area contributed by atoms with E-state index in [0.717, 1.165) is 30.1 Å². The standard InChI is InChI=1S/C17H25N3O/c1-5-12(2)14-8-6-7-9-17(14)21-11-16-15(10-18-4)13(3)19-20-16/h6-9,12,18H,5,10-11H2,1-4H3,(H,19,20). The number of aryl methyl sites for hydroxylation is 1. The van der Waals surface area contributed by atoms with Gasteiger partial charge in [0.15, 0.2) is 0 Å². The number of benzene rings is 1. The predicted molar refractivity (Wildman–Crippen MR) is 85.6 cm³/mol. The number of nitrogens with zero attached hydrogens (tertiary/aromatic N) is 1. The summed E-state index contributed by atoms with van der Waals surface area (Å²) in [6.45, 7) is 7.76. The van der Waals surface area contributed by atoms with Crippen LogP contribution < -0.4 is 10.1 Å². The number of H-pyrrole nitrogens is 1. The molecule has 4 heteroatoms. The van der Waals surface area contributed by atoms with Gasteiger partial charge in [-0.3, -0.25) is 5.10 Å². The van der Waals surface area contributed by atoms with E-state index in [1.807, 2.05) is 26.1 Å². The Labute approximate surface area is 126 Å². The first-order chi connectivity index (χ1) is 10.2. The average Bonchev–Trinajstić information content (AvgIpc) is 2.86. The molecule has 1 aromatic carbocycles. The van der Waals surface area contributed by atoms with E-state index in [1.165, 1.54) is 11.1 Å². The number of nitrogens with one attached hydrogen (secondary N) is 2. The molecule has 0 spiro atoms. The van der Waals surface area contributed by atoms with Crippen LogP contribution in [-0.4, -0.2) is 17.2 Å². The third-order valence-corrected chi connectivity index (χ3v) is 3.94. The molecule has 0 saturated carbocycles. The van der Waals surface area contributed by atoms with E-state index in [0.29, 0.717) is 12.5 Å². The van der Waals surface area contributed by atoms with Gasteiger partial charge in [-0.05, 0) is 37.9 Å². The van der Waals surface area contributed by atoms with Crippen molar-refractivity contribution in [1.29, 1.82) is 0 Å². The van der Waals surface area contributed by atoms with Crippen molar-refractivity contribution in [3.63, 3.8) is 0 Å². The topological polar surface area (TPSA) is 49.9 Å². The van der Waals surface area contributed by atoms with Crippen molar-refractivity contribution >= 4 is 0 Å². The summed E-state index contributed by atoms with van der Waals surface area (Å²) >= 11 is 0. The highest BCUT2D eigenvalue weighted by atomic mass is 16.5. The molecule has 2 rings (SSSR count). The van der Waals surface area contributed by atoms with Crippen molar-refractivity contribution in [1.82, 2.24) is 15.5 Å². The predicted octanol–water partition coefficient (Wildman–Crippen LogP) is 3.53. The molecule has 0 aliphatic heterocycles. The van der Waals surface area contributed by atoms with Crippen LogP contribution in [-0.2, 0) is 13.2 Å². The molecule has 2 N–H and O–H groups in total. The SMILES string of the molecule is CCC(C)c1ccccc1OCc1n[nH]c(C)c1CNC. The Kier molecular flexibility index (Phi) is 5.39. The lowest BCUT2D eigenvalue weighted by molar-refractivity contribution is 0.295. The summed E-state index contributed by atoms with van der Waals surface area (Å²) in [6.07, 6.45) is 1.10. The summed E-state index contributed by atoms with van der Waals surface area (Å²) in [5.74, 6) is 1.46. The van der Waals surface area contributed by atoms with Crippen LogP contribution in [0.5, 0.6) is 5.75 Å². The van der Waals surface area contributed by atoms with Crippen molar-refractivity contribution in [2.75, 3.05) is 7.05 Å². The highest BCUT2D eigenvalue weighted by Gasteiger charge is 2.13. The fraction of sp³-hybridized carbons (Fsp3) is 0.471. The Hall–Kier alpha value is -1.81. The molecule has 21 heavy (non-hydrogen) atoms. The van der Waals surface area contributed by atoms with Crippen LogP contribution in [0, 0.1) is 6.92 Å². The molecule has 1 aromatic heterocycles. The first-order valence-corrected chi connectivity index (χ1v) is 7.56. The molecule has 0 radical (unpaired) electrons.